The molecule has 0 radical (unpaired) electrons. The van der Waals surface area contributed by atoms with E-state index in [0.717, 1.165) is 0 Å². The lowest BCUT2D eigenvalue weighted by Crippen LogP contribution is -2.65. The van der Waals surface area contributed by atoms with Crippen molar-refractivity contribution in [2.45, 2.75) is 76.4 Å². The molecule has 0 aromatic heterocycles. The first-order valence-corrected chi connectivity index (χ1v) is 10.1. The Labute approximate surface area is 170 Å². The van der Waals surface area contributed by atoms with E-state index in [4.69, 9.17) is 0 Å². The minimum Gasteiger partial charge on any atom is -0.389 e. The van der Waals surface area contributed by atoms with Crippen LogP contribution in [0.2, 0.25) is 0 Å². The van der Waals surface area contributed by atoms with Gasteiger partial charge in [0.2, 0.25) is 17.7 Å². The van der Waals surface area contributed by atoms with Crippen LogP contribution in [-0.4, -0.2) is 57.9 Å². The maximum Gasteiger partial charge on any atom is 0.249 e. The topological polar surface area (TPSA) is 140 Å². The second-order valence-electron chi connectivity index (χ2n) is 8.42. The van der Waals surface area contributed by atoms with Crippen molar-refractivity contribution in [3.05, 3.63) is 23.4 Å². The number of carbonyl (C=O) groups is 3. The van der Waals surface area contributed by atoms with Crippen LogP contribution in [0.4, 0.5) is 0 Å². The molecule has 0 spiro atoms. The largest absolute Gasteiger partial charge is 0.389 e. The van der Waals surface area contributed by atoms with Gasteiger partial charge in [-0.05, 0) is 33.6 Å². The number of carbonyl (C=O) groups excluding carboxylic acids is 3. The molecule has 0 saturated carbocycles. The second kappa shape index (κ2) is 8.16. The molecule has 0 fully saturated rings. The number of rotatable bonds is 0. The van der Waals surface area contributed by atoms with Crippen LogP contribution < -0.4 is 21.3 Å². The van der Waals surface area contributed by atoms with Crippen molar-refractivity contribution >= 4 is 17.7 Å². The summed E-state index contributed by atoms with van der Waals surface area (Å²) in [6.07, 6.45) is 3.11. The van der Waals surface area contributed by atoms with Gasteiger partial charge in [-0.3, -0.25) is 14.4 Å². The Morgan fingerprint density at radius 1 is 1.03 bits per heavy atom. The normalized spacial score (nSPS) is 39.9. The first kappa shape index (κ1) is 21.3. The number of aliphatic hydroxyl groups excluding tert-OH is 1. The average molecular weight is 406 g/mol. The van der Waals surface area contributed by atoms with Crippen LogP contribution in [0, 0.1) is 5.92 Å². The molecule has 3 rings (SSSR count). The highest BCUT2D eigenvalue weighted by atomic mass is 16.3. The maximum atomic E-state index is 13.1. The van der Waals surface area contributed by atoms with Crippen molar-refractivity contribution in [2.75, 3.05) is 0 Å². The zero-order valence-corrected chi connectivity index (χ0v) is 17.0. The van der Waals surface area contributed by atoms with Crippen LogP contribution >= 0.6 is 0 Å². The van der Waals surface area contributed by atoms with Crippen molar-refractivity contribution in [3.8, 4) is 0 Å². The van der Waals surface area contributed by atoms with E-state index >= 15 is 0 Å². The highest BCUT2D eigenvalue weighted by Gasteiger charge is 2.48. The molecule has 29 heavy (non-hydrogen) atoms. The van der Waals surface area contributed by atoms with Gasteiger partial charge in [0.1, 0.15) is 0 Å². The lowest BCUT2D eigenvalue weighted by molar-refractivity contribution is -0.133. The number of aliphatic hydroxyl groups is 2. The van der Waals surface area contributed by atoms with Gasteiger partial charge in [-0.25, -0.2) is 0 Å². The standard InChI is InChI=1S/C20H30N4O5/c1-10-4-5-13(25)6-7-16(26)23-12(3)20(29)9-14(18(27)21-10)17-15(24-20)8-11(2)22-19(17)28/h6-7,10-14,24-25,29H,4-5,8-9H2,1-3H3,(H,21,27)(H,22,28)(H,23,26)/b7-6+/t10-,11-,12-,13-,14-,20+/m0/s1. The molecule has 0 aromatic rings. The van der Waals surface area contributed by atoms with Crippen LogP contribution in [0.3, 0.4) is 0 Å². The van der Waals surface area contributed by atoms with E-state index in [1.807, 2.05) is 13.8 Å². The molecular formula is C20H30N4O5. The van der Waals surface area contributed by atoms with Crippen molar-refractivity contribution in [3.63, 3.8) is 0 Å². The Bertz CT molecular complexity index is 764. The van der Waals surface area contributed by atoms with Crippen LogP contribution in [0.25, 0.3) is 0 Å². The SMILES string of the molecule is C[C@@H]1NC(=O)/C=C/[C@@H](O)CC[C@H](C)NC(=O)[C@H]2C[C@]1(O)NC1=C2C(=O)N[C@@H](C)C1. The van der Waals surface area contributed by atoms with E-state index in [-0.39, 0.29) is 30.3 Å². The molecule has 0 aliphatic carbocycles. The van der Waals surface area contributed by atoms with E-state index < -0.39 is 29.7 Å². The highest BCUT2D eigenvalue weighted by Crippen LogP contribution is 2.36. The van der Waals surface area contributed by atoms with Gasteiger partial charge < -0.3 is 31.5 Å². The monoisotopic (exact) mass is 406 g/mol. The smallest absolute Gasteiger partial charge is 0.249 e. The van der Waals surface area contributed by atoms with E-state index in [2.05, 4.69) is 21.3 Å². The molecule has 9 nitrogen and oxygen atoms in total. The van der Waals surface area contributed by atoms with Gasteiger partial charge in [-0.15, -0.1) is 0 Å². The lowest BCUT2D eigenvalue weighted by Gasteiger charge is -2.45. The van der Waals surface area contributed by atoms with Crippen molar-refractivity contribution < 1.29 is 24.6 Å². The van der Waals surface area contributed by atoms with Crippen molar-refractivity contribution in [2.24, 2.45) is 5.92 Å². The van der Waals surface area contributed by atoms with Gasteiger partial charge in [-0.2, -0.15) is 0 Å². The summed E-state index contributed by atoms with van der Waals surface area (Å²) in [5.41, 5.74) is -0.738. The van der Waals surface area contributed by atoms with E-state index in [1.54, 1.807) is 6.92 Å². The fourth-order valence-corrected chi connectivity index (χ4v) is 4.14. The predicted octanol–water partition coefficient (Wildman–Crippen LogP) is -0.833. The molecule has 9 heteroatoms. The molecule has 0 saturated heterocycles. The molecule has 3 heterocycles. The fourth-order valence-electron chi connectivity index (χ4n) is 4.14. The third-order valence-corrected chi connectivity index (χ3v) is 5.83. The summed E-state index contributed by atoms with van der Waals surface area (Å²) < 4.78 is 0. The molecule has 6 N–H and O–H groups in total. The first-order valence-electron chi connectivity index (χ1n) is 10.1. The molecule has 3 amide bonds. The van der Waals surface area contributed by atoms with Gasteiger partial charge in [0.25, 0.3) is 0 Å². The Morgan fingerprint density at radius 3 is 2.48 bits per heavy atom. The Morgan fingerprint density at radius 2 is 1.76 bits per heavy atom. The van der Waals surface area contributed by atoms with Gasteiger partial charge in [0.15, 0.2) is 5.72 Å². The van der Waals surface area contributed by atoms with Crippen molar-refractivity contribution in [1.29, 1.82) is 0 Å². The van der Waals surface area contributed by atoms with Gasteiger partial charge >= 0.3 is 0 Å². The first-order chi connectivity index (χ1) is 13.6. The zero-order valence-electron chi connectivity index (χ0n) is 17.0. The Kier molecular flexibility index (Phi) is 6.00. The molecule has 3 aliphatic heterocycles. The fraction of sp³-hybridized carbons (Fsp3) is 0.650. The molecule has 0 unspecified atom stereocenters. The van der Waals surface area contributed by atoms with E-state index in [0.29, 0.717) is 30.5 Å². The summed E-state index contributed by atoms with van der Waals surface area (Å²) >= 11 is 0. The molecule has 3 aliphatic rings. The molecule has 160 valence electrons. The quantitative estimate of drug-likeness (QED) is 0.310. The van der Waals surface area contributed by atoms with Crippen LogP contribution in [-0.2, 0) is 14.4 Å². The summed E-state index contributed by atoms with van der Waals surface area (Å²) in [6.45, 7) is 5.30. The molecular weight excluding hydrogens is 376 g/mol. The van der Waals surface area contributed by atoms with Gasteiger partial charge in [-0.1, -0.05) is 6.08 Å². The van der Waals surface area contributed by atoms with E-state index in [9.17, 15) is 24.6 Å². The summed E-state index contributed by atoms with van der Waals surface area (Å²) in [5.74, 6) is -1.98. The number of amides is 3. The molecule has 2 bridgehead atoms. The van der Waals surface area contributed by atoms with Crippen LogP contribution in [0.1, 0.15) is 46.5 Å². The average Bonchev–Trinajstić information content (AvgIpc) is 2.62. The predicted molar refractivity (Wildman–Crippen MR) is 105 cm³/mol. The summed E-state index contributed by atoms with van der Waals surface area (Å²) in [5, 5.41) is 32.8. The maximum absolute atomic E-state index is 13.1. The number of hydrogen-bond acceptors (Lipinski definition) is 6. The number of hydrogen-bond donors (Lipinski definition) is 6. The zero-order chi connectivity index (χ0) is 21.3. The third-order valence-electron chi connectivity index (χ3n) is 5.83. The molecule has 0 aromatic carbocycles. The summed E-state index contributed by atoms with van der Waals surface area (Å²) in [7, 11) is 0. The highest BCUT2D eigenvalue weighted by molar-refractivity contribution is 6.02. The van der Waals surface area contributed by atoms with Crippen molar-refractivity contribution in [1.82, 2.24) is 21.3 Å². The van der Waals surface area contributed by atoms with Gasteiger partial charge in [0, 0.05) is 42.3 Å². The number of fused-ring (bicyclic) bond motifs is 3. The van der Waals surface area contributed by atoms with Crippen LogP contribution in [0.5, 0.6) is 0 Å². The Balaban J connectivity index is 1.99. The minimum atomic E-state index is -1.60. The lowest BCUT2D eigenvalue weighted by atomic mass is 9.78. The second-order valence-corrected chi connectivity index (χ2v) is 8.42. The number of nitrogens with one attached hydrogen (secondary N) is 4. The minimum absolute atomic E-state index is 0.0556. The van der Waals surface area contributed by atoms with Gasteiger partial charge in [0.05, 0.1) is 18.1 Å². The molecule has 6 atom stereocenters. The Hall–Kier alpha value is -2.39. The summed E-state index contributed by atoms with van der Waals surface area (Å²) in [6, 6.07) is -1.13. The van der Waals surface area contributed by atoms with E-state index in [1.165, 1.54) is 12.2 Å². The third kappa shape index (κ3) is 4.62. The van der Waals surface area contributed by atoms with Crippen LogP contribution in [0.15, 0.2) is 23.4 Å². The summed E-state index contributed by atoms with van der Waals surface area (Å²) in [4.78, 5) is 37.9.